The summed E-state index contributed by atoms with van der Waals surface area (Å²) in [5, 5.41) is 4.10. The Kier molecular flexibility index (Phi) is 3.72. The summed E-state index contributed by atoms with van der Waals surface area (Å²) in [6, 6.07) is 0. The molecule has 0 radical (unpaired) electrons. The zero-order valence-electron chi connectivity index (χ0n) is 8.97. The van der Waals surface area contributed by atoms with Crippen molar-refractivity contribution in [1.29, 1.82) is 0 Å². The fraction of sp³-hybridized carbons (Fsp3) is 0.778. The van der Waals surface area contributed by atoms with E-state index in [1.54, 1.807) is 0 Å². The van der Waals surface area contributed by atoms with Gasteiger partial charge < -0.3 is 5.32 Å². The molecule has 80 valence electrons. The van der Waals surface area contributed by atoms with E-state index in [4.69, 9.17) is 11.6 Å². The third kappa shape index (κ3) is 3.10. The second-order valence-electron chi connectivity index (χ2n) is 4.25. The zero-order valence-corrected chi connectivity index (χ0v) is 10.5. The molecule has 0 bridgehead atoms. The molecule has 5 heteroatoms. The molecule has 0 aliphatic carbocycles. The van der Waals surface area contributed by atoms with E-state index in [2.05, 4.69) is 28.5 Å². The molecule has 3 nitrogen and oxygen atoms in total. The third-order valence-corrected chi connectivity index (χ3v) is 3.05. The topological polar surface area (TPSA) is 37.8 Å². The number of halogens is 1. The molecule has 1 aromatic heterocycles. The summed E-state index contributed by atoms with van der Waals surface area (Å²) in [5.74, 6) is 1.81. The Labute approximate surface area is 94.1 Å². The molecule has 0 aliphatic heterocycles. The molecule has 1 aromatic rings. The number of nitrogens with zero attached hydrogens (tertiary/aromatic N) is 2. The van der Waals surface area contributed by atoms with Crippen molar-refractivity contribution in [2.75, 3.05) is 11.2 Å². The van der Waals surface area contributed by atoms with Crippen LogP contribution in [0.1, 0.15) is 39.4 Å². The van der Waals surface area contributed by atoms with Gasteiger partial charge in [0.25, 0.3) is 0 Å². The van der Waals surface area contributed by atoms with Gasteiger partial charge in [0.1, 0.15) is 5.82 Å². The van der Waals surface area contributed by atoms with Gasteiger partial charge >= 0.3 is 0 Å². The van der Waals surface area contributed by atoms with E-state index in [1.807, 2.05) is 13.8 Å². The SMILES string of the molecule is CC(C)c1nsc(NC(C)(C)CCl)n1. The minimum atomic E-state index is -0.130. The Morgan fingerprint density at radius 2 is 2.14 bits per heavy atom. The monoisotopic (exact) mass is 233 g/mol. The Morgan fingerprint density at radius 1 is 1.50 bits per heavy atom. The molecule has 0 atom stereocenters. The van der Waals surface area contributed by atoms with E-state index in [1.165, 1.54) is 11.5 Å². The third-order valence-electron chi connectivity index (χ3n) is 1.74. The highest BCUT2D eigenvalue weighted by atomic mass is 35.5. The summed E-state index contributed by atoms with van der Waals surface area (Å²) in [5.41, 5.74) is -0.130. The fourth-order valence-electron chi connectivity index (χ4n) is 0.843. The molecule has 0 aliphatic rings. The Morgan fingerprint density at radius 3 is 2.57 bits per heavy atom. The van der Waals surface area contributed by atoms with Crippen LogP contribution in [-0.4, -0.2) is 20.8 Å². The molecule has 1 N–H and O–H groups in total. The van der Waals surface area contributed by atoms with Crippen LogP contribution < -0.4 is 5.32 Å². The second-order valence-corrected chi connectivity index (χ2v) is 5.27. The average Bonchev–Trinajstić information content (AvgIpc) is 2.52. The van der Waals surface area contributed by atoms with Crippen LogP contribution in [0.3, 0.4) is 0 Å². The number of alkyl halides is 1. The first kappa shape index (κ1) is 11.7. The van der Waals surface area contributed by atoms with Crippen LogP contribution in [0.25, 0.3) is 0 Å². The average molecular weight is 234 g/mol. The van der Waals surface area contributed by atoms with Gasteiger partial charge in [0.2, 0.25) is 5.13 Å². The normalized spacial score (nSPS) is 12.1. The highest BCUT2D eigenvalue weighted by Gasteiger charge is 2.18. The lowest BCUT2D eigenvalue weighted by Gasteiger charge is -2.22. The molecule has 1 heterocycles. The summed E-state index contributed by atoms with van der Waals surface area (Å²) in [4.78, 5) is 4.38. The number of hydrogen-bond donors (Lipinski definition) is 1. The molecular formula is C9H16ClN3S. The number of aromatic nitrogens is 2. The minimum absolute atomic E-state index is 0.130. The van der Waals surface area contributed by atoms with E-state index >= 15 is 0 Å². The van der Waals surface area contributed by atoms with E-state index in [0.29, 0.717) is 11.8 Å². The van der Waals surface area contributed by atoms with Crippen LogP contribution in [0, 0.1) is 0 Å². The Balaban J connectivity index is 2.69. The van der Waals surface area contributed by atoms with Gasteiger partial charge in [-0.15, -0.1) is 11.6 Å². The van der Waals surface area contributed by atoms with Crippen molar-refractivity contribution in [1.82, 2.24) is 9.36 Å². The molecule has 0 saturated heterocycles. The van der Waals surface area contributed by atoms with E-state index in [-0.39, 0.29) is 5.54 Å². The van der Waals surface area contributed by atoms with Gasteiger partial charge in [0.05, 0.1) is 0 Å². The molecule has 0 unspecified atom stereocenters. The van der Waals surface area contributed by atoms with Crippen molar-refractivity contribution in [2.24, 2.45) is 0 Å². The van der Waals surface area contributed by atoms with Crippen LogP contribution in [-0.2, 0) is 0 Å². The standard InChI is InChI=1S/C9H16ClN3S/c1-6(2)7-11-8(14-13-7)12-9(3,4)5-10/h6H,5H2,1-4H3,(H,11,12,13). The van der Waals surface area contributed by atoms with Gasteiger partial charge in [-0.2, -0.15) is 4.37 Å². The van der Waals surface area contributed by atoms with Gasteiger partial charge in [-0.1, -0.05) is 13.8 Å². The molecule has 0 saturated carbocycles. The van der Waals surface area contributed by atoms with Crippen LogP contribution in [0.4, 0.5) is 5.13 Å². The van der Waals surface area contributed by atoms with Gasteiger partial charge in [-0.25, -0.2) is 4.98 Å². The van der Waals surface area contributed by atoms with Gasteiger partial charge in [-0.05, 0) is 13.8 Å². The predicted octanol–water partition coefficient (Wildman–Crippen LogP) is 3.09. The maximum absolute atomic E-state index is 5.81. The number of hydrogen-bond acceptors (Lipinski definition) is 4. The van der Waals surface area contributed by atoms with E-state index in [9.17, 15) is 0 Å². The molecular weight excluding hydrogens is 218 g/mol. The maximum atomic E-state index is 5.81. The van der Waals surface area contributed by atoms with Gasteiger partial charge in [0, 0.05) is 28.9 Å². The van der Waals surface area contributed by atoms with Crippen molar-refractivity contribution >= 4 is 28.3 Å². The summed E-state index contributed by atoms with van der Waals surface area (Å²) in [6.07, 6.45) is 0. The second kappa shape index (κ2) is 4.45. The lowest BCUT2D eigenvalue weighted by atomic mass is 10.1. The fourth-order valence-corrected chi connectivity index (χ4v) is 1.80. The van der Waals surface area contributed by atoms with Crippen LogP contribution in [0.2, 0.25) is 0 Å². The lowest BCUT2D eigenvalue weighted by molar-refractivity contribution is 0.639. The number of anilines is 1. The number of rotatable bonds is 4. The predicted molar refractivity (Wildman–Crippen MR) is 62.4 cm³/mol. The lowest BCUT2D eigenvalue weighted by Crippen LogP contribution is -2.32. The van der Waals surface area contributed by atoms with Crippen molar-refractivity contribution in [2.45, 2.75) is 39.2 Å². The summed E-state index contributed by atoms with van der Waals surface area (Å²) < 4.78 is 4.26. The van der Waals surface area contributed by atoms with Crippen molar-refractivity contribution < 1.29 is 0 Å². The van der Waals surface area contributed by atoms with Crippen LogP contribution in [0.15, 0.2) is 0 Å². The molecule has 1 rings (SSSR count). The van der Waals surface area contributed by atoms with Crippen LogP contribution >= 0.6 is 23.1 Å². The van der Waals surface area contributed by atoms with Crippen molar-refractivity contribution in [3.63, 3.8) is 0 Å². The molecule has 14 heavy (non-hydrogen) atoms. The van der Waals surface area contributed by atoms with Gasteiger partial charge in [0.15, 0.2) is 0 Å². The van der Waals surface area contributed by atoms with E-state index < -0.39 is 0 Å². The Bertz CT molecular complexity index is 296. The first-order valence-electron chi connectivity index (χ1n) is 4.62. The summed E-state index contributed by atoms with van der Waals surface area (Å²) in [6.45, 7) is 8.24. The molecule has 0 amide bonds. The first-order chi connectivity index (χ1) is 6.44. The Hall–Kier alpha value is -0.350. The highest BCUT2D eigenvalue weighted by molar-refractivity contribution is 7.09. The first-order valence-corrected chi connectivity index (χ1v) is 5.93. The largest absolute Gasteiger partial charge is 0.354 e. The minimum Gasteiger partial charge on any atom is -0.354 e. The van der Waals surface area contributed by atoms with Crippen molar-refractivity contribution in [3.8, 4) is 0 Å². The highest BCUT2D eigenvalue weighted by Crippen LogP contribution is 2.21. The van der Waals surface area contributed by atoms with Gasteiger partial charge in [-0.3, -0.25) is 0 Å². The van der Waals surface area contributed by atoms with Crippen molar-refractivity contribution in [3.05, 3.63) is 5.82 Å². The molecule has 0 aromatic carbocycles. The summed E-state index contributed by atoms with van der Waals surface area (Å²) >= 11 is 7.20. The van der Waals surface area contributed by atoms with Crippen LogP contribution in [0.5, 0.6) is 0 Å². The summed E-state index contributed by atoms with van der Waals surface area (Å²) in [7, 11) is 0. The molecule has 0 fully saturated rings. The molecule has 0 spiro atoms. The smallest absolute Gasteiger partial charge is 0.203 e. The number of nitrogens with one attached hydrogen (secondary N) is 1. The van der Waals surface area contributed by atoms with E-state index in [0.717, 1.165) is 11.0 Å². The quantitative estimate of drug-likeness (QED) is 0.813. The zero-order chi connectivity index (χ0) is 10.8. The maximum Gasteiger partial charge on any atom is 0.203 e.